The summed E-state index contributed by atoms with van der Waals surface area (Å²) >= 11 is 0. The normalized spacial score (nSPS) is 16.0. The fraction of sp³-hybridized carbons (Fsp3) is 0.333. The first-order valence-electron chi connectivity index (χ1n) is 2.32. The predicted octanol–water partition coefficient (Wildman–Crippen LogP) is 1.89. The Labute approximate surface area is 54.5 Å². The van der Waals surface area contributed by atoms with Gasteiger partial charge in [-0.1, -0.05) is 24.3 Å². The van der Waals surface area contributed by atoms with Crippen LogP contribution in [0.25, 0.3) is 0 Å². The molecule has 1 aliphatic rings. The van der Waals surface area contributed by atoms with Crippen LogP contribution in [0, 0.1) is 0 Å². The van der Waals surface area contributed by atoms with Crippen molar-refractivity contribution in [3.8, 4) is 0 Å². The second kappa shape index (κ2) is 4.15. The summed E-state index contributed by atoms with van der Waals surface area (Å²) in [4.78, 5) is 0. The van der Waals surface area contributed by atoms with Crippen LogP contribution in [0.2, 0.25) is 0 Å². The van der Waals surface area contributed by atoms with Crippen LogP contribution in [0.1, 0.15) is 12.8 Å². The quantitative estimate of drug-likeness (QED) is 0.480. The largest absolute Gasteiger partial charge is 0.0842 e. The van der Waals surface area contributed by atoms with E-state index in [9.17, 15) is 0 Å². The van der Waals surface area contributed by atoms with Gasteiger partial charge in [0.1, 0.15) is 0 Å². The minimum Gasteiger partial charge on any atom is -0.0842 e. The smallest absolute Gasteiger partial charge is 0 e. The SMILES string of the molecule is C1=CCCC=C1.[Co]. The summed E-state index contributed by atoms with van der Waals surface area (Å²) in [6.45, 7) is 0. The van der Waals surface area contributed by atoms with Crippen molar-refractivity contribution >= 4 is 0 Å². The van der Waals surface area contributed by atoms with Gasteiger partial charge in [-0.15, -0.1) is 0 Å². The maximum atomic E-state index is 2.18. The van der Waals surface area contributed by atoms with Crippen molar-refractivity contribution in [2.45, 2.75) is 12.8 Å². The van der Waals surface area contributed by atoms with Crippen molar-refractivity contribution in [2.24, 2.45) is 0 Å². The topological polar surface area (TPSA) is 0 Å². The van der Waals surface area contributed by atoms with Crippen LogP contribution in [0.5, 0.6) is 0 Å². The van der Waals surface area contributed by atoms with Crippen LogP contribution in [0.3, 0.4) is 0 Å². The molecule has 7 heavy (non-hydrogen) atoms. The molecule has 0 spiro atoms. The number of rotatable bonds is 0. The van der Waals surface area contributed by atoms with E-state index < -0.39 is 0 Å². The average molecular weight is 139 g/mol. The molecule has 0 saturated carbocycles. The van der Waals surface area contributed by atoms with Crippen LogP contribution < -0.4 is 0 Å². The molecule has 0 aliphatic heterocycles. The molecule has 0 unspecified atom stereocenters. The molecule has 1 rings (SSSR count). The van der Waals surface area contributed by atoms with E-state index in [4.69, 9.17) is 0 Å². The van der Waals surface area contributed by atoms with Crippen LogP contribution in [0.4, 0.5) is 0 Å². The van der Waals surface area contributed by atoms with Gasteiger partial charge in [-0.2, -0.15) is 0 Å². The minimum absolute atomic E-state index is 0. The van der Waals surface area contributed by atoms with E-state index in [1.54, 1.807) is 0 Å². The summed E-state index contributed by atoms with van der Waals surface area (Å²) < 4.78 is 0. The first-order valence-corrected chi connectivity index (χ1v) is 2.32. The second-order valence-electron chi connectivity index (χ2n) is 1.43. The van der Waals surface area contributed by atoms with Gasteiger partial charge < -0.3 is 0 Å². The molecule has 0 fully saturated rings. The number of allylic oxidation sites excluding steroid dienone is 4. The van der Waals surface area contributed by atoms with Crippen molar-refractivity contribution in [2.75, 3.05) is 0 Å². The molecule has 0 aromatic carbocycles. The van der Waals surface area contributed by atoms with E-state index in [2.05, 4.69) is 24.3 Å². The summed E-state index contributed by atoms with van der Waals surface area (Å²) in [5, 5.41) is 0. The predicted molar refractivity (Wildman–Crippen MR) is 27.5 cm³/mol. The van der Waals surface area contributed by atoms with E-state index in [1.165, 1.54) is 12.8 Å². The van der Waals surface area contributed by atoms with Gasteiger partial charge >= 0.3 is 0 Å². The number of hydrogen-bond acceptors (Lipinski definition) is 0. The Balaban J connectivity index is 0.000000360. The van der Waals surface area contributed by atoms with Crippen molar-refractivity contribution in [3.05, 3.63) is 24.3 Å². The molecule has 0 bridgehead atoms. The zero-order valence-electron chi connectivity index (χ0n) is 4.06. The van der Waals surface area contributed by atoms with Crippen LogP contribution in [-0.2, 0) is 16.8 Å². The molecular weight excluding hydrogens is 131 g/mol. The molecule has 0 saturated heterocycles. The Morgan fingerprint density at radius 3 is 1.43 bits per heavy atom. The maximum absolute atomic E-state index is 2.18. The molecule has 0 amide bonds. The third kappa shape index (κ3) is 2.65. The molecule has 0 heterocycles. The summed E-state index contributed by atoms with van der Waals surface area (Å²) in [5.74, 6) is 0. The van der Waals surface area contributed by atoms with E-state index in [-0.39, 0.29) is 16.8 Å². The van der Waals surface area contributed by atoms with Crippen LogP contribution in [0.15, 0.2) is 24.3 Å². The Bertz CT molecular complexity index is 70.2. The molecule has 0 nitrogen and oxygen atoms in total. The van der Waals surface area contributed by atoms with Crippen molar-refractivity contribution < 1.29 is 16.8 Å². The Hall–Kier alpha value is -0.0135. The molecular formula is C6H8Co. The fourth-order valence-corrected chi connectivity index (χ4v) is 0.542. The van der Waals surface area contributed by atoms with Gasteiger partial charge in [0.2, 0.25) is 0 Å². The first kappa shape index (κ1) is 6.99. The molecule has 41 valence electrons. The fourth-order valence-electron chi connectivity index (χ4n) is 0.542. The molecule has 1 aliphatic carbocycles. The van der Waals surface area contributed by atoms with Gasteiger partial charge in [0.05, 0.1) is 0 Å². The van der Waals surface area contributed by atoms with Gasteiger partial charge in [-0.25, -0.2) is 0 Å². The number of hydrogen-bond donors (Lipinski definition) is 0. The van der Waals surface area contributed by atoms with Crippen molar-refractivity contribution in [3.63, 3.8) is 0 Å². The molecule has 1 radical (unpaired) electrons. The first-order chi connectivity index (χ1) is 3.00. The molecule has 0 aromatic rings. The Morgan fingerprint density at radius 2 is 1.29 bits per heavy atom. The van der Waals surface area contributed by atoms with Crippen LogP contribution in [-0.4, -0.2) is 0 Å². The monoisotopic (exact) mass is 139 g/mol. The van der Waals surface area contributed by atoms with Gasteiger partial charge in [-0.05, 0) is 12.8 Å². The van der Waals surface area contributed by atoms with Gasteiger partial charge in [0.25, 0.3) is 0 Å². The summed E-state index contributed by atoms with van der Waals surface area (Å²) in [5.41, 5.74) is 0. The van der Waals surface area contributed by atoms with E-state index in [1.807, 2.05) is 0 Å². The average Bonchev–Trinajstić information content (AvgIpc) is 1.72. The zero-order valence-corrected chi connectivity index (χ0v) is 5.10. The third-order valence-corrected chi connectivity index (χ3v) is 0.883. The van der Waals surface area contributed by atoms with Gasteiger partial charge in [0, 0.05) is 16.8 Å². The molecule has 1 heteroatoms. The molecule has 0 atom stereocenters. The molecule has 0 aromatic heterocycles. The van der Waals surface area contributed by atoms with Crippen molar-refractivity contribution in [1.29, 1.82) is 0 Å². The van der Waals surface area contributed by atoms with Crippen molar-refractivity contribution in [1.82, 2.24) is 0 Å². The summed E-state index contributed by atoms with van der Waals surface area (Å²) in [6, 6.07) is 0. The van der Waals surface area contributed by atoms with Gasteiger partial charge in [-0.3, -0.25) is 0 Å². The third-order valence-electron chi connectivity index (χ3n) is 0.883. The Morgan fingerprint density at radius 1 is 0.857 bits per heavy atom. The van der Waals surface area contributed by atoms with E-state index in [0.29, 0.717) is 0 Å². The minimum atomic E-state index is 0. The second-order valence-corrected chi connectivity index (χ2v) is 1.43. The summed E-state index contributed by atoms with van der Waals surface area (Å²) in [7, 11) is 0. The Kier molecular flexibility index (Phi) is 4.15. The standard InChI is InChI=1S/C6H8.Co/c1-2-4-6-5-3-1;/h1-4H,5-6H2;. The summed E-state index contributed by atoms with van der Waals surface area (Å²) in [6.07, 6.45) is 11.0. The zero-order chi connectivity index (χ0) is 4.24. The molecule has 0 N–H and O–H groups in total. The van der Waals surface area contributed by atoms with E-state index in [0.717, 1.165) is 0 Å². The van der Waals surface area contributed by atoms with Gasteiger partial charge in [0.15, 0.2) is 0 Å². The van der Waals surface area contributed by atoms with Crippen LogP contribution >= 0.6 is 0 Å². The maximum Gasteiger partial charge on any atom is 0 e. The van der Waals surface area contributed by atoms with E-state index >= 15 is 0 Å².